The number of carbonyl (C=O) groups is 1. The van der Waals surface area contributed by atoms with Gasteiger partial charge >= 0.3 is 5.97 Å². The first-order chi connectivity index (χ1) is 7.08. The Morgan fingerprint density at radius 2 is 2.33 bits per heavy atom. The van der Waals surface area contributed by atoms with Crippen LogP contribution in [0.4, 0.5) is 0 Å². The highest BCUT2D eigenvalue weighted by Gasteiger charge is 2.61. The molecule has 0 bridgehead atoms. The number of hydrogen-bond donors (Lipinski definition) is 0. The van der Waals surface area contributed by atoms with Crippen LogP contribution in [0.2, 0.25) is 0 Å². The molecular weight excluding hydrogens is 196 g/mol. The highest BCUT2D eigenvalue weighted by Crippen LogP contribution is 2.46. The Morgan fingerprint density at radius 3 is 2.87 bits per heavy atom. The number of furan rings is 1. The van der Waals surface area contributed by atoms with Gasteiger partial charge in [-0.05, 0) is 32.9 Å². The van der Waals surface area contributed by atoms with E-state index in [2.05, 4.69) is 0 Å². The average molecular weight is 210 g/mol. The molecule has 1 aliphatic rings. The second-order valence-corrected chi connectivity index (χ2v) is 3.77. The molecular formula is C11H14O4. The van der Waals surface area contributed by atoms with Crippen molar-refractivity contribution in [2.45, 2.75) is 32.5 Å². The largest absolute Gasteiger partial charge is 0.464 e. The maximum absolute atomic E-state index is 11.4. The van der Waals surface area contributed by atoms with Crippen molar-refractivity contribution in [3.8, 4) is 0 Å². The van der Waals surface area contributed by atoms with Crippen LogP contribution in [0, 0.1) is 6.92 Å². The fourth-order valence-electron chi connectivity index (χ4n) is 1.59. The maximum atomic E-state index is 11.4. The highest BCUT2D eigenvalue weighted by molar-refractivity contribution is 5.79. The molecule has 0 saturated carbocycles. The monoisotopic (exact) mass is 210 g/mol. The summed E-state index contributed by atoms with van der Waals surface area (Å²) in [4.78, 5) is 11.4. The van der Waals surface area contributed by atoms with Crippen molar-refractivity contribution in [1.82, 2.24) is 0 Å². The summed E-state index contributed by atoms with van der Waals surface area (Å²) >= 11 is 0. The van der Waals surface area contributed by atoms with Crippen molar-refractivity contribution < 1.29 is 18.7 Å². The van der Waals surface area contributed by atoms with E-state index in [1.807, 2.05) is 26.0 Å². The zero-order valence-electron chi connectivity index (χ0n) is 9.07. The Balaban J connectivity index is 2.09. The van der Waals surface area contributed by atoms with E-state index >= 15 is 0 Å². The van der Waals surface area contributed by atoms with Crippen LogP contribution in [0.25, 0.3) is 0 Å². The third kappa shape index (κ3) is 1.65. The van der Waals surface area contributed by atoms with Gasteiger partial charge in [-0.2, -0.15) is 0 Å². The van der Waals surface area contributed by atoms with Crippen molar-refractivity contribution in [2.75, 3.05) is 6.61 Å². The van der Waals surface area contributed by atoms with Crippen LogP contribution in [-0.2, 0) is 19.9 Å². The molecule has 2 heterocycles. The summed E-state index contributed by atoms with van der Waals surface area (Å²) in [7, 11) is 0. The van der Waals surface area contributed by atoms with Crippen molar-refractivity contribution >= 4 is 5.97 Å². The summed E-state index contributed by atoms with van der Waals surface area (Å²) in [5.41, 5.74) is -0.638. The molecule has 1 aromatic rings. The second kappa shape index (κ2) is 3.38. The lowest BCUT2D eigenvalue weighted by Gasteiger charge is -2.02. The van der Waals surface area contributed by atoms with Gasteiger partial charge in [0.15, 0.2) is 11.7 Å². The smallest absolute Gasteiger partial charge is 0.338 e. The van der Waals surface area contributed by atoms with E-state index in [1.54, 1.807) is 6.92 Å². The lowest BCUT2D eigenvalue weighted by molar-refractivity contribution is -0.144. The third-order valence-electron chi connectivity index (χ3n) is 2.54. The molecule has 2 unspecified atom stereocenters. The van der Waals surface area contributed by atoms with Gasteiger partial charge in [0.1, 0.15) is 11.5 Å². The zero-order valence-corrected chi connectivity index (χ0v) is 9.07. The van der Waals surface area contributed by atoms with Gasteiger partial charge < -0.3 is 13.9 Å². The fourth-order valence-corrected chi connectivity index (χ4v) is 1.59. The van der Waals surface area contributed by atoms with Crippen molar-refractivity contribution in [3.63, 3.8) is 0 Å². The maximum Gasteiger partial charge on any atom is 0.338 e. The number of aryl methyl sites for hydroxylation is 1. The summed E-state index contributed by atoms with van der Waals surface area (Å²) in [6.07, 6.45) is -0.525. The zero-order chi connectivity index (χ0) is 11.1. The predicted molar refractivity (Wildman–Crippen MR) is 52.3 cm³/mol. The van der Waals surface area contributed by atoms with Crippen LogP contribution < -0.4 is 0 Å². The fraction of sp³-hybridized carbons (Fsp3) is 0.545. The lowest BCUT2D eigenvalue weighted by Crippen LogP contribution is -2.18. The van der Waals surface area contributed by atoms with E-state index in [4.69, 9.17) is 13.9 Å². The summed E-state index contributed by atoms with van der Waals surface area (Å²) < 4.78 is 15.7. The second-order valence-electron chi connectivity index (χ2n) is 3.77. The van der Waals surface area contributed by atoms with Crippen LogP contribution in [0.1, 0.15) is 25.4 Å². The van der Waals surface area contributed by atoms with Crippen molar-refractivity contribution in [1.29, 1.82) is 0 Å². The molecule has 1 saturated heterocycles. The number of hydrogen-bond acceptors (Lipinski definition) is 4. The van der Waals surface area contributed by atoms with Gasteiger partial charge in [-0.3, -0.25) is 0 Å². The number of ether oxygens (including phenoxy) is 2. The molecule has 1 aromatic heterocycles. The Morgan fingerprint density at radius 1 is 1.60 bits per heavy atom. The molecule has 4 heteroatoms. The minimum atomic E-state index is -0.638. The first-order valence-electron chi connectivity index (χ1n) is 4.99. The molecule has 15 heavy (non-hydrogen) atoms. The molecule has 0 N–H and O–H groups in total. The van der Waals surface area contributed by atoms with Gasteiger partial charge in [0.05, 0.1) is 6.61 Å². The van der Waals surface area contributed by atoms with E-state index < -0.39 is 11.7 Å². The van der Waals surface area contributed by atoms with Crippen LogP contribution in [0.15, 0.2) is 16.5 Å². The van der Waals surface area contributed by atoms with Gasteiger partial charge in [-0.15, -0.1) is 0 Å². The Bertz CT molecular complexity index is 382. The minimum Gasteiger partial charge on any atom is -0.464 e. The molecule has 1 fully saturated rings. The molecule has 0 aliphatic carbocycles. The summed E-state index contributed by atoms with van der Waals surface area (Å²) in [6, 6.07) is 3.68. The number of carbonyl (C=O) groups excluding carboxylic acids is 1. The topological polar surface area (TPSA) is 52.0 Å². The van der Waals surface area contributed by atoms with Gasteiger partial charge in [0.2, 0.25) is 0 Å². The van der Waals surface area contributed by atoms with Crippen molar-refractivity contribution in [2.24, 2.45) is 0 Å². The molecule has 0 aromatic carbocycles. The summed E-state index contributed by atoms with van der Waals surface area (Å²) in [5, 5.41) is 0. The Labute approximate surface area is 88.2 Å². The van der Waals surface area contributed by atoms with E-state index in [0.29, 0.717) is 12.4 Å². The van der Waals surface area contributed by atoms with Gasteiger partial charge in [0, 0.05) is 0 Å². The van der Waals surface area contributed by atoms with E-state index in [-0.39, 0.29) is 5.97 Å². The molecule has 0 radical (unpaired) electrons. The van der Waals surface area contributed by atoms with E-state index in [1.165, 1.54) is 0 Å². The Hall–Kier alpha value is -1.29. The van der Waals surface area contributed by atoms with Crippen molar-refractivity contribution in [3.05, 3.63) is 23.7 Å². The predicted octanol–water partition coefficient (Wildman–Crippen LogP) is 1.77. The van der Waals surface area contributed by atoms with Crippen LogP contribution >= 0.6 is 0 Å². The van der Waals surface area contributed by atoms with Gasteiger partial charge in [-0.1, -0.05) is 0 Å². The Kier molecular flexibility index (Phi) is 2.31. The first-order valence-corrected chi connectivity index (χ1v) is 4.99. The van der Waals surface area contributed by atoms with E-state index in [0.717, 1.165) is 5.76 Å². The molecule has 2 rings (SSSR count). The standard InChI is InChI=1S/C11H14O4/c1-4-13-10(12)9-11(3,15-9)8-6-5-7(2)14-8/h5-6,9H,4H2,1-3H3. The van der Waals surface area contributed by atoms with Crippen LogP contribution in [0.3, 0.4) is 0 Å². The number of epoxide rings is 1. The van der Waals surface area contributed by atoms with Gasteiger partial charge in [0.25, 0.3) is 0 Å². The van der Waals surface area contributed by atoms with E-state index in [9.17, 15) is 4.79 Å². The normalized spacial score (nSPS) is 28.9. The number of esters is 1. The molecule has 82 valence electrons. The van der Waals surface area contributed by atoms with Gasteiger partial charge in [-0.25, -0.2) is 4.79 Å². The molecule has 0 amide bonds. The van der Waals surface area contributed by atoms with Crippen LogP contribution in [0.5, 0.6) is 0 Å². The highest BCUT2D eigenvalue weighted by atomic mass is 16.7. The molecule has 2 atom stereocenters. The van der Waals surface area contributed by atoms with Crippen LogP contribution in [-0.4, -0.2) is 18.7 Å². The average Bonchev–Trinajstić information content (AvgIpc) is 2.67. The SMILES string of the molecule is CCOC(=O)C1OC1(C)c1ccc(C)o1. The lowest BCUT2D eigenvalue weighted by atomic mass is 10.1. The molecule has 1 aliphatic heterocycles. The summed E-state index contributed by atoms with van der Waals surface area (Å²) in [6.45, 7) is 5.82. The molecule has 4 nitrogen and oxygen atoms in total. The minimum absolute atomic E-state index is 0.325. The summed E-state index contributed by atoms with van der Waals surface area (Å²) in [5.74, 6) is 1.16. The number of rotatable bonds is 3. The molecule has 0 spiro atoms. The quantitative estimate of drug-likeness (QED) is 0.563. The first kappa shape index (κ1) is 10.2. The third-order valence-corrected chi connectivity index (χ3v) is 2.54.